The van der Waals surface area contributed by atoms with E-state index in [-0.39, 0.29) is 10.6 Å². The maximum absolute atomic E-state index is 12.9. The van der Waals surface area contributed by atoms with Crippen molar-refractivity contribution in [3.8, 4) is 11.4 Å². The monoisotopic (exact) mass is 584 g/mol. The van der Waals surface area contributed by atoms with Gasteiger partial charge in [0.15, 0.2) is 5.65 Å². The number of nitrogens with one attached hydrogen (secondary N) is 1. The van der Waals surface area contributed by atoms with E-state index in [1.165, 1.54) is 18.2 Å². The molecule has 0 spiro atoms. The molecule has 0 bridgehead atoms. The number of aryl methyl sites for hydroxylation is 3. The van der Waals surface area contributed by atoms with Gasteiger partial charge in [0.2, 0.25) is 0 Å². The molecule has 6 aromatic rings. The van der Waals surface area contributed by atoms with Crippen molar-refractivity contribution in [1.29, 1.82) is 0 Å². The number of halogens is 1. The molecule has 3 heterocycles. The minimum Gasteiger partial charge on any atom is -0.327 e. The van der Waals surface area contributed by atoms with Gasteiger partial charge in [-0.1, -0.05) is 53.6 Å². The van der Waals surface area contributed by atoms with E-state index < -0.39 is 15.9 Å². The molecule has 0 aliphatic rings. The van der Waals surface area contributed by atoms with E-state index in [1.807, 2.05) is 72.5 Å². The number of fused-ring (bicyclic) bond motifs is 2. The van der Waals surface area contributed by atoms with E-state index in [0.717, 1.165) is 33.5 Å². The van der Waals surface area contributed by atoms with Gasteiger partial charge >= 0.3 is 0 Å². The molecule has 0 fully saturated rings. The van der Waals surface area contributed by atoms with E-state index in [2.05, 4.69) is 14.7 Å². The van der Waals surface area contributed by atoms with Crippen LogP contribution in [0.4, 0.5) is 0 Å². The molecule has 0 radical (unpaired) electrons. The number of aromatic nitrogens is 5. The van der Waals surface area contributed by atoms with E-state index >= 15 is 0 Å². The van der Waals surface area contributed by atoms with E-state index in [9.17, 15) is 13.2 Å². The Labute approximate surface area is 241 Å². The lowest BCUT2D eigenvalue weighted by molar-refractivity contribution is 0.0977. The third kappa shape index (κ3) is 4.96. The van der Waals surface area contributed by atoms with Crippen molar-refractivity contribution < 1.29 is 13.2 Å². The van der Waals surface area contributed by atoms with Gasteiger partial charge in [-0.2, -0.15) is 0 Å². The number of carbonyl (C=O) groups excluding carboxylic acids is 1. The van der Waals surface area contributed by atoms with Crippen molar-refractivity contribution in [2.24, 2.45) is 7.05 Å². The van der Waals surface area contributed by atoms with Crippen LogP contribution in [0, 0.1) is 13.8 Å². The van der Waals surface area contributed by atoms with Crippen molar-refractivity contribution in [1.82, 2.24) is 28.8 Å². The first-order valence-corrected chi connectivity index (χ1v) is 14.6. The Hall–Kier alpha value is -4.54. The molecule has 3 aromatic heterocycles. The summed E-state index contributed by atoms with van der Waals surface area (Å²) < 4.78 is 31.5. The standard InChI is InChI=1S/C30H25ClN6O3S/c1-18-8-12-22(13-9-18)41(39,40)35-30(38)26-15-14-25-29(34-26)37(19(2)32-25)17-21-11-10-20(16-23(21)31)28-33-24-6-4-5-7-27(24)36(28)3/h4-16H,17H2,1-3H3,(H,35,38). The fourth-order valence-electron chi connectivity index (χ4n) is 4.77. The van der Waals surface area contributed by atoms with E-state index in [0.29, 0.717) is 28.6 Å². The van der Waals surface area contributed by atoms with Crippen LogP contribution in [0.5, 0.6) is 0 Å². The Morgan fingerprint density at radius 1 is 0.902 bits per heavy atom. The molecular formula is C30H25ClN6O3S. The molecule has 0 saturated carbocycles. The Morgan fingerprint density at radius 3 is 2.39 bits per heavy atom. The molecule has 6 rings (SSSR count). The first kappa shape index (κ1) is 26.7. The van der Waals surface area contributed by atoms with Gasteiger partial charge in [-0.15, -0.1) is 0 Å². The summed E-state index contributed by atoms with van der Waals surface area (Å²) in [6.07, 6.45) is 0. The normalized spacial score (nSPS) is 11.8. The number of nitrogens with zero attached hydrogens (tertiary/aromatic N) is 5. The van der Waals surface area contributed by atoms with Crippen LogP contribution >= 0.6 is 11.6 Å². The first-order chi connectivity index (χ1) is 19.6. The van der Waals surface area contributed by atoms with Gasteiger partial charge < -0.3 is 9.13 Å². The van der Waals surface area contributed by atoms with E-state index in [4.69, 9.17) is 16.6 Å². The number of hydrogen-bond donors (Lipinski definition) is 1. The lowest BCUT2D eigenvalue weighted by Crippen LogP contribution is -2.31. The molecule has 0 aliphatic carbocycles. The van der Waals surface area contributed by atoms with Gasteiger partial charge in [0.05, 0.1) is 22.5 Å². The topological polar surface area (TPSA) is 112 Å². The second kappa shape index (κ2) is 10.1. The number of amides is 1. The first-order valence-electron chi connectivity index (χ1n) is 12.8. The molecule has 9 nitrogen and oxygen atoms in total. The van der Waals surface area contributed by atoms with Crippen molar-refractivity contribution in [3.05, 3.63) is 107 Å². The fraction of sp³-hybridized carbons (Fsp3) is 0.133. The van der Waals surface area contributed by atoms with Crippen LogP contribution in [0.3, 0.4) is 0 Å². The van der Waals surface area contributed by atoms with Gasteiger partial charge in [-0.25, -0.2) is 28.1 Å². The minimum absolute atomic E-state index is 0.00450. The summed E-state index contributed by atoms with van der Waals surface area (Å²) in [7, 11) is -2.09. The number of rotatable bonds is 6. The molecule has 1 N–H and O–H groups in total. The van der Waals surface area contributed by atoms with Crippen LogP contribution in [0.15, 0.2) is 83.8 Å². The number of para-hydroxylation sites is 2. The molecule has 206 valence electrons. The number of hydrogen-bond acceptors (Lipinski definition) is 6. The van der Waals surface area contributed by atoms with Crippen LogP contribution in [-0.2, 0) is 23.6 Å². The van der Waals surface area contributed by atoms with Gasteiger partial charge in [0.25, 0.3) is 15.9 Å². The second-order valence-electron chi connectivity index (χ2n) is 9.82. The Bertz CT molecular complexity index is 2080. The molecule has 0 atom stereocenters. The lowest BCUT2D eigenvalue weighted by Gasteiger charge is -2.11. The molecule has 3 aromatic carbocycles. The third-order valence-electron chi connectivity index (χ3n) is 7.00. The Kier molecular flexibility index (Phi) is 6.59. The van der Waals surface area contributed by atoms with Gasteiger partial charge in [-0.05, 0) is 61.9 Å². The lowest BCUT2D eigenvalue weighted by atomic mass is 10.1. The molecule has 0 saturated heterocycles. The summed E-state index contributed by atoms with van der Waals surface area (Å²) in [6.45, 7) is 4.04. The Balaban J connectivity index is 1.29. The molecule has 0 unspecified atom stereocenters. The zero-order valence-electron chi connectivity index (χ0n) is 22.5. The summed E-state index contributed by atoms with van der Waals surface area (Å²) in [4.78, 5) is 26.7. The maximum Gasteiger partial charge on any atom is 0.283 e. The van der Waals surface area contributed by atoms with Gasteiger partial charge in [0.1, 0.15) is 22.9 Å². The fourth-order valence-corrected chi connectivity index (χ4v) is 5.97. The molecule has 0 aliphatic heterocycles. The van der Waals surface area contributed by atoms with Crippen LogP contribution in [0.25, 0.3) is 33.6 Å². The average Bonchev–Trinajstić information content (AvgIpc) is 3.45. The van der Waals surface area contributed by atoms with Crippen molar-refractivity contribution >= 4 is 49.7 Å². The average molecular weight is 585 g/mol. The molecule has 1 amide bonds. The van der Waals surface area contributed by atoms with Crippen molar-refractivity contribution in [3.63, 3.8) is 0 Å². The minimum atomic E-state index is -4.06. The highest BCUT2D eigenvalue weighted by atomic mass is 35.5. The maximum atomic E-state index is 12.9. The predicted octanol–water partition coefficient (Wildman–Crippen LogP) is 5.42. The van der Waals surface area contributed by atoms with Crippen molar-refractivity contribution in [2.75, 3.05) is 0 Å². The number of carbonyl (C=O) groups is 1. The number of pyridine rings is 1. The number of imidazole rings is 2. The zero-order valence-corrected chi connectivity index (χ0v) is 24.0. The Morgan fingerprint density at radius 2 is 1.66 bits per heavy atom. The zero-order chi connectivity index (χ0) is 28.9. The summed E-state index contributed by atoms with van der Waals surface area (Å²) in [5.41, 5.74) is 5.53. The van der Waals surface area contributed by atoms with Gasteiger partial charge in [-0.3, -0.25) is 4.79 Å². The number of benzene rings is 3. The highest BCUT2D eigenvalue weighted by molar-refractivity contribution is 7.90. The SMILES string of the molecule is Cc1ccc(S(=O)(=O)NC(=O)c2ccc3nc(C)n(Cc4ccc(-c5nc6ccccc6n5C)cc4Cl)c3n2)cc1. The van der Waals surface area contributed by atoms with Crippen LogP contribution < -0.4 is 4.72 Å². The van der Waals surface area contributed by atoms with Crippen LogP contribution in [0.2, 0.25) is 5.02 Å². The van der Waals surface area contributed by atoms with Crippen LogP contribution in [0.1, 0.15) is 27.4 Å². The summed E-state index contributed by atoms with van der Waals surface area (Å²) in [5, 5.41) is 0.550. The summed E-state index contributed by atoms with van der Waals surface area (Å²) in [5.74, 6) is 0.650. The van der Waals surface area contributed by atoms with Crippen molar-refractivity contribution in [2.45, 2.75) is 25.3 Å². The second-order valence-corrected chi connectivity index (χ2v) is 11.9. The quantitative estimate of drug-likeness (QED) is 0.280. The molecule has 41 heavy (non-hydrogen) atoms. The van der Waals surface area contributed by atoms with Gasteiger partial charge in [0, 0.05) is 17.6 Å². The largest absolute Gasteiger partial charge is 0.327 e. The number of sulfonamides is 1. The molecular weight excluding hydrogens is 560 g/mol. The van der Waals surface area contributed by atoms with E-state index in [1.54, 1.807) is 18.2 Å². The smallest absolute Gasteiger partial charge is 0.283 e. The molecule has 11 heteroatoms. The third-order valence-corrected chi connectivity index (χ3v) is 8.70. The predicted molar refractivity (Wildman–Crippen MR) is 158 cm³/mol. The highest BCUT2D eigenvalue weighted by Gasteiger charge is 2.21. The summed E-state index contributed by atoms with van der Waals surface area (Å²) >= 11 is 6.75. The summed E-state index contributed by atoms with van der Waals surface area (Å²) in [6, 6.07) is 23.1. The van der Waals surface area contributed by atoms with Crippen LogP contribution in [-0.4, -0.2) is 38.4 Å². The highest BCUT2D eigenvalue weighted by Crippen LogP contribution is 2.29.